The molecule has 0 aliphatic carbocycles. The average molecular weight is 303 g/mol. The van der Waals surface area contributed by atoms with Gasteiger partial charge in [-0.05, 0) is 45.4 Å². The summed E-state index contributed by atoms with van der Waals surface area (Å²) < 4.78 is 47.0. The molecule has 2 unspecified atom stereocenters. The highest BCUT2D eigenvalue weighted by atomic mass is 32.2. The van der Waals surface area contributed by atoms with E-state index in [-0.39, 0.29) is 11.7 Å². The summed E-state index contributed by atoms with van der Waals surface area (Å²) in [6.45, 7) is 6.07. The lowest BCUT2D eigenvalue weighted by Gasteiger charge is -2.28. The fourth-order valence-electron chi connectivity index (χ4n) is 1.79. The highest BCUT2D eigenvalue weighted by Crippen LogP contribution is 2.30. The Hall–Kier alpha value is -0.690. The summed E-state index contributed by atoms with van der Waals surface area (Å²) in [5.74, 6) is -1.01. The highest BCUT2D eigenvalue weighted by molar-refractivity contribution is 7.90. The minimum Gasteiger partial charge on any atom is -0.598 e. The Kier molecular flexibility index (Phi) is 4.69. The third-order valence-corrected chi connectivity index (χ3v) is 4.65. The van der Waals surface area contributed by atoms with Gasteiger partial charge in [-0.25, -0.2) is 8.78 Å². The van der Waals surface area contributed by atoms with Crippen LogP contribution in [0, 0.1) is 11.6 Å². The van der Waals surface area contributed by atoms with Gasteiger partial charge in [-0.15, -0.1) is 4.72 Å². The number of epoxide rings is 1. The second kappa shape index (κ2) is 5.97. The van der Waals surface area contributed by atoms with Gasteiger partial charge in [0.2, 0.25) is 0 Å². The molecule has 1 aliphatic rings. The molecule has 0 aromatic heterocycles. The minimum absolute atomic E-state index is 0.0205. The number of hydrogen-bond acceptors (Lipinski definition) is 3. The van der Waals surface area contributed by atoms with Crippen molar-refractivity contribution in [2.75, 3.05) is 6.61 Å². The van der Waals surface area contributed by atoms with Gasteiger partial charge in [-0.3, -0.25) is 0 Å². The smallest absolute Gasteiger partial charge is 0.136 e. The summed E-state index contributed by atoms with van der Waals surface area (Å²) in [4.78, 5) is 0. The Labute approximate surface area is 121 Å². The van der Waals surface area contributed by atoms with E-state index in [4.69, 9.17) is 4.74 Å². The largest absolute Gasteiger partial charge is 0.598 e. The molecule has 6 heteroatoms. The number of hydrogen-bond donors (Lipinski definition) is 1. The van der Waals surface area contributed by atoms with E-state index >= 15 is 0 Å². The zero-order chi connectivity index (χ0) is 14.9. The number of ether oxygens (including phenoxy) is 1. The topological polar surface area (TPSA) is 47.6 Å². The molecule has 0 radical (unpaired) electrons. The first-order valence-electron chi connectivity index (χ1n) is 6.52. The van der Waals surface area contributed by atoms with Crippen LogP contribution in [-0.2, 0) is 16.1 Å². The Morgan fingerprint density at radius 2 is 2.10 bits per heavy atom. The van der Waals surface area contributed by atoms with Crippen molar-refractivity contribution >= 4 is 11.4 Å². The molecule has 1 fully saturated rings. The fraction of sp³-hybridized carbons (Fsp3) is 0.571. The first kappa shape index (κ1) is 15.7. The minimum atomic E-state index is -1.37. The SMILES string of the molecule is CC(C)(C)[S+]([O-])N[C@H](CC1CO1)c1cc(F)ccc1F. The van der Waals surface area contributed by atoms with Gasteiger partial charge in [0.05, 0.1) is 18.8 Å². The molecular formula is C14H19F2NO2S. The molecule has 112 valence electrons. The number of benzene rings is 1. The third-order valence-electron chi connectivity index (χ3n) is 3.04. The molecule has 1 N–H and O–H groups in total. The van der Waals surface area contributed by atoms with Gasteiger partial charge in [0.15, 0.2) is 0 Å². The molecule has 20 heavy (non-hydrogen) atoms. The van der Waals surface area contributed by atoms with Crippen LogP contribution in [0.1, 0.15) is 38.8 Å². The van der Waals surface area contributed by atoms with Gasteiger partial charge in [0.25, 0.3) is 0 Å². The molecule has 1 aromatic rings. The van der Waals surface area contributed by atoms with Crippen molar-refractivity contribution in [2.24, 2.45) is 0 Å². The van der Waals surface area contributed by atoms with Crippen LogP contribution in [0.2, 0.25) is 0 Å². The van der Waals surface area contributed by atoms with Crippen LogP contribution in [0.15, 0.2) is 18.2 Å². The van der Waals surface area contributed by atoms with Crippen molar-refractivity contribution in [2.45, 2.75) is 44.1 Å². The van der Waals surface area contributed by atoms with Crippen molar-refractivity contribution in [3.63, 3.8) is 0 Å². The first-order valence-corrected chi connectivity index (χ1v) is 7.67. The molecular weight excluding hydrogens is 284 g/mol. The zero-order valence-electron chi connectivity index (χ0n) is 11.8. The molecule has 0 saturated carbocycles. The number of halogens is 2. The van der Waals surface area contributed by atoms with Gasteiger partial charge < -0.3 is 9.29 Å². The maximum atomic E-state index is 13.9. The molecule has 0 spiro atoms. The maximum absolute atomic E-state index is 13.9. The number of rotatable bonds is 5. The quantitative estimate of drug-likeness (QED) is 0.672. The van der Waals surface area contributed by atoms with Crippen LogP contribution in [0.5, 0.6) is 0 Å². The summed E-state index contributed by atoms with van der Waals surface area (Å²) in [5.41, 5.74) is 0.193. The second-order valence-corrected chi connectivity index (χ2v) is 7.91. The van der Waals surface area contributed by atoms with E-state index in [0.29, 0.717) is 13.0 Å². The second-order valence-electron chi connectivity index (χ2n) is 5.91. The van der Waals surface area contributed by atoms with Gasteiger partial charge in [-0.2, -0.15) is 0 Å². The first-order chi connectivity index (χ1) is 9.27. The molecule has 3 atom stereocenters. The molecule has 1 heterocycles. The van der Waals surface area contributed by atoms with Crippen LogP contribution < -0.4 is 4.72 Å². The lowest BCUT2D eigenvalue weighted by atomic mass is 10.0. The summed E-state index contributed by atoms with van der Waals surface area (Å²) >= 11 is -1.37. The fourth-order valence-corrected chi connectivity index (χ4v) is 2.63. The Morgan fingerprint density at radius 1 is 1.45 bits per heavy atom. The van der Waals surface area contributed by atoms with E-state index in [1.165, 1.54) is 0 Å². The average Bonchev–Trinajstić information content (AvgIpc) is 3.14. The van der Waals surface area contributed by atoms with Gasteiger partial charge >= 0.3 is 0 Å². The van der Waals surface area contributed by atoms with Crippen molar-refractivity contribution in [1.82, 2.24) is 4.72 Å². The standard InChI is InChI=1S/C14H19F2NO2S/c1-14(2,3)20(18)17-13(7-10-8-19-10)11-6-9(15)4-5-12(11)16/h4-6,10,13,17H,7-8H2,1-3H3/t10?,13-,20?/m1/s1. The van der Waals surface area contributed by atoms with Crippen molar-refractivity contribution in [1.29, 1.82) is 0 Å². The van der Waals surface area contributed by atoms with E-state index in [2.05, 4.69) is 4.72 Å². The summed E-state index contributed by atoms with van der Waals surface area (Å²) in [7, 11) is 0. The van der Waals surface area contributed by atoms with Crippen LogP contribution in [0.4, 0.5) is 8.78 Å². The monoisotopic (exact) mass is 303 g/mol. The predicted molar refractivity (Wildman–Crippen MR) is 74.5 cm³/mol. The molecule has 1 aliphatic heterocycles. The van der Waals surface area contributed by atoms with Gasteiger partial charge in [0.1, 0.15) is 16.4 Å². The summed E-state index contributed by atoms with van der Waals surface area (Å²) in [5, 5.41) is 0. The van der Waals surface area contributed by atoms with Crippen molar-refractivity contribution in [3.8, 4) is 0 Å². The van der Waals surface area contributed by atoms with E-state index in [1.54, 1.807) is 0 Å². The van der Waals surface area contributed by atoms with Crippen LogP contribution in [0.3, 0.4) is 0 Å². The van der Waals surface area contributed by atoms with E-state index in [1.807, 2.05) is 20.8 Å². The molecule has 3 nitrogen and oxygen atoms in total. The predicted octanol–water partition coefficient (Wildman–Crippen LogP) is 2.85. The van der Waals surface area contributed by atoms with E-state index in [0.717, 1.165) is 18.2 Å². The van der Waals surface area contributed by atoms with Gasteiger partial charge in [-0.1, -0.05) is 0 Å². The van der Waals surface area contributed by atoms with E-state index < -0.39 is 33.8 Å². The normalized spacial score (nSPS) is 21.6. The molecule has 0 bridgehead atoms. The summed E-state index contributed by atoms with van der Waals surface area (Å²) in [6, 6.07) is 2.78. The Morgan fingerprint density at radius 3 is 2.65 bits per heavy atom. The third kappa shape index (κ3) is 4.15. The van der Waals surface area contributed by atoms with Crippen LogP contribution in [-0.4, -0.2) is 22.0 Å². The maximum Gasteiger partial charge on any atom is 0.136 e. The van der Waals surface area contributed by atoms with Crippen molar-refractivity contribution < 1.29 is 18.1 Å². The lowest BCUT2D eigenvalue weighted by molar-refractivity contribution is 0.370. The van der Waals surface area contributed by atoms with Crippen LogP contribution in [0.25, 0.3) is 0 Å². The zero-order valence-corrected chi connectivity index (χ0v) is 12.6. The summed E-state index contributed by atoms with van der Waals surface area (Å²) in [6.07, 6.45) is 0.495. The Balaban J connectivity index is 2.20. The molecule has 0 amide bonds. The molecule has 1 saturated heterocycles. The van der Waals surface area contributed by atoms with Gasteiger partial charge in [0, 0.05) is 16.9 Å². The molecule has 2 rings (SSSR count). The number of nitrogens with one attached hydrogen (secondary N) is 1. The van der Waals surface area contributed by atoms with Crippen molar-refractivity contribution in [3.05, 3.63) is 35.4 Å². The van der Waals surface area contributed by atoms with E-state index in [9.17, 15) is 13.3 Å². The van der Waals surface area contributed by atoms with Crippen LogP contribution >= 0.6 is 0 Å². The molecule has 1 aromatic carbocycles. The highest BCUT2D eigenvalue weighted by Gasteiger charge is 2.35. The lowest BCUT2D eigenvalue weighted by Crippen LogP contribution is -2.41. The Bertz CT molecular complexity index is 475.